The van der Waals surface area contributed by atoms with Gasteiger partial charge in [-0.15, -0.1) is 0 Å². The van der Waals surface area contributed by atoms with Gasteiger partial charge < -0.3 is 15.4 Å². The molecule has 20 heavy (non-hydrogen) atoms. The molecule has 0 aliphatic heterocycles. The smallest absolute Gasteiger partial charge is 0.257 e. The molecule has 0 spiro atoms. The van der Waals surface area contributed by atoms with Gasteiger partial charge in [0.15, 0.2) is 6.61 Å². The first-order chi connectivity index (χ1) is 9.74. The lowest BCUT2D eigenvalue weighted by Crippen LogP contribution is -2.26. The minimum absolute atomic E-state index is 0.0762. The Kier molecular flexibility index (Phi) is 5.41. The molecule has 0 radical (unpaired) electrons. The number of carbonyl (C=O) groups is 1. The van der Waals surface area contributed by atoms with E-state index >= 15 is 0 Å². The van der Waals surface area contributed by atoms with Crippen molar-refractivity contribution in [3.8, 4) is 5.75 Å². The second-order valence-electron chi connectivity index (χ2n) is 5.22. The van der Waals surface area contributed by atoms with Crippen LogP contribution < -0.4 is 15.4 Å². The van der Waals surface area contributed by atoms with Gasteiger partial charge in [0.25, 0.3) is 5.91 Å². The molecule has 1 aromatic carbocycles. The standard InChI is InChI=1S/C16H24N2O2/c1-3-9-18-15-6-4-5-12-10-13(7-8-14(12)15)20-11-16(19)17-2/h7-8,10,15,18H,3-6,9,11H2,1-2H3,(H,17,19). The number of ether oxygens (including phenoxy) is 1. The Morgan fingerprint density at radius 3 is 3.05 bits per heavy atom. The van der Waals surface area contributed by atoms with Crippen molar-refractivity contribution < 1.29 is 9.53 Å². The van der Waals surface area contributed by atoms with Crippen LogP contribution in [-0.4, -0.2) is 26.1 Å². The summed E-state index contributed by atoms with van der Waals surface area (Å²) in [6.07, 6.45) is 4.65. The highest BCUT2D eigenvalue weighted by Gasteiger charge is 2.19. The number of hydrogen-bond donors (Lipinski definition) is 2. The summed E-state index contributed by atoms with van der Waals surface area (Å²) < 4.78 is 5.51. The summed E-state index contributed by atoms with van der Waals surface area (Å²) >= 11 is 0. The molecule has 1 unspecified atom stereocenters. The van der Waals surface area contributed by atoms with E-state index in [9.17, 15) is 4.79 Å². The quantitative estimate of drug-likeness (QED) is 0.837. The van der Waals surface area contributed by atoms with E-state index in [1.54, 1.807) is 7.05 Å². The molecule has 0 heterocycles. The van der Waals surface area contributed by atoms with Crippen molar-refractivity contribution in [1.82, 2.24) is 10.6 Å². The molecule has 1 aromatic rings. The normalized spacial score (nSPS) is 17.4. The number of nitrogens with one attached hydrogen (secondary N) is 2. The van der Waals surface area contributed by atoms with Crippen LogP contribution in [0.25, 0.3) is 0 Å². The predicted octanol–water partition coefficient (Wildman–Crippen LogP) is 2.19. The first-order valence-electron chi connectivity index (χ1n) is 7.44. The lowest BCUT2D eigenvalue weighted by Gasteiger charge is -2.27. The van der Waals surface area contributed by atoms with Crippen molar-refractivity contribution in [2.24, 2.45) is 0 Å². The van der Waals surface area contributed by atoms with Gasteiger partial charge in [0.1, 0.15) is 5.75 Å². The fraction of sp³-hybridized carbons (Fsp3) is 0.562. The monoisotopic (exact) mass is 276 g/mol. The molecule has 0 fully saturated rings. The molecule has 1 aliphatic rings. The first kappa shape index (κ1) is 14.9. The van der Waals surface area contributed by atoms with Gasteiger partial charge in [0.05, 0.1) is 0 Å². The van der Waals surface area contributed by atoms with Crippen molar-refractivity contribution in [2.75, 3.05) is 20.2 Å². The Morgan fingerprint density at radius 1 is 1.45 bits per heavy atom. The summed E-state index contributed by atoms with van der Waals surface area (Å²) in [5.41, 5.74) is 2.73. The van der Waals surface area contributed by atoms with Crippen LogP contribution in [0.3, 0.4) is 0 Å². The fourth-order valence-electron chi connectivity index (χ4n) is 2.63. The third kappa shape index (κ3) is 3.73. The van der Waals surface area contributed by atoms with E-state index in [-0.39, 0.29) is 12.5 Å². The van der Waals surface area contributed by atoms with Gasteiger partial charge in [-0.2, -0.15) is 0 Å². The van der Waals surface area contributed by atoms with Gasteiger partial charge in [-0.25, -0.2) is 0 Å². The van der Waals surface area contributed by atoms with Crippen LogP contribution in [0.4, 0.5) is 0 Å². The Bertz CT molecular complexity index is 460. The molecule has 4 nitrogen and oxygen atoms in total. The number of rotatable bonds is 6. The van der Waals surface area contributed by atoms with E-state index in [0.717, 1.165) is 25.1 Å². The number of carbonyl (C=O) groups excluding carboxylic acids is 1. The zero-order valence-corrected chi connectivity index (χ0v) is 12.4. The Hall–Kier alpha value is -1.55. The molecule has 0 aromatic heterocycles. The van der Waals surface area contributed by atoms with Crippen LogP contribution in [-0.2, 0) is 11.2 Å². The molecular weight excluding hydrogens is 252 g/mol. The first-order valence-corrected chi connectivity index (χ1v) is 7.44. The van der Waals surface area contributed by atoms with Crippen molar-refractivity contribution >= 4 is 5.91 Å². The number of hydrogen-bond acceptors (Lipinski definition) is 3. The second kappa shape index (κ2) is 7.29. The number of fused-ring (bicyclic) bond motifs is 1. The van der Waals surface area contributed by atoms with Crippen LogP contribution in [0, 0.1) is 0 Å². The van der Waals surface area contributed by atoms with Gasteiger partial charge >= 0.3 is 0 Å². The summed E-state index contributed by atoms with van der Waals surface area (Å²) in [4.78, 5) is 11.2. The number of benzene rings is 1. The molecule has 1 atom stereocenters. The maximum Gasteiger partial charge on any atom is 0.257 e. The Labute approximate surface area is 120 Å². The molecule has 0 saturated heterocycles. The molecule has 1 amide bonds. The van der Waals surface area contributed by atoms with Crippen LogP contribution in [0.1, 0.15) is 43.4 Å². The highest BCUT2D eigenvalue weighted by molar-refractivity contribution is 5.77. The third-order valence-corrected chi connectivity index (χ3v) is 3.72. The van der Waals surface area contributed by atoms with E-state index < -0.39 is 0 Å². The molecule has 2 N–H and O–H groups in total. The minimum atomic E-state index is -0.106. The largest absolute Gasteiger partial charge is 0.484 e. The number of likely N-dealkylation sites (N-methyl/N-ethyl adjacent to an activating group) is 1. The summed E-state index contributed by atoms with van der Waals surface area (Å²) in [6, 6.07) is 6.65. The molecule has 0 bridgehead atoms. The maximum atomic E-state index is 11.2. The van der Waals surface area contributed by atoms with E-state index in [2.05, 4.69) is 29.7 Å². The summed E-state index contributed by atoms with van der Waals surface area (Å²) in [6.45, 7) is 3.32. The van der Waals surface area contributed by atoms with Gasteiger partial charge in [0.2, 0.25) is 0 Å². The highest BCUT2D eigenvalue weighted by atomic mass is 16.5. The van der Waals surface area contributed by atoms with E-state index in [4.69, 9.17) is 4.74 Å². The zero-order valence-electron chi connectivity index (χ0n) is 12.4. The highest BCUT2D eigenvalue weighted by Crippen LogP contribution is 2.32. The van der Waals surface area contributed by atoms with Gasteiger partial charge in [0, 0.05) is 13.1 Å². The van der Waals surface area contributed by atoms with Gasteiger partial charge in [-0.1, -0.05) is 13.0 Å². The van der Waals surface area contributed by atoms with Crippen molar-refractivity contribution in [1.29, 1.82) is 0 Å². The molecule has 4 heteroatoms. The summed E-state index contributed by atoms with van der Waals surface area (Å²) in [7, 11) is 1.61. The molecule has 110 valence electrons. The zero-order chi connectivity index (χ0) is 14.4. The third-order valence-electron chi connectivity index (χ3n) is 3.72. The molecule has 2 rings (SSSR count). The topological polar surface area (TPSA) is 50.4 Å². The molecule has 0 saturated carbocycles. The van der Waals surface area contributed by atoms with Gasteiger partial charge in [-0.05, 0) is 55.5 Å². The summed E-state index contributed by atoms with van der Waals surface area (Å²) in [5, 5.41) is 6.16. The number of aryl methyl sites for hydroxylation is 1. The molecule has 1 aliphatic carbocycles. The van der Waals surface area contributed by atoms with Crippen LogP contribution in [0.2, 0.25) is 0 Å². The SMILES string of the molecule is CCCNC1CCCc2cc(OCC(=O)NC)ccc21. The van der Waals surface area contributed by atoms with Crippen molar-refractivity contribution in [3.05, 3.63) is 29.3 Å². The Balaban J connectivity index is 2.04. The van der Waals surface area contributed by atoms with Crippen LogP contribution in [0.15, 0.2) is 18.2 Å². The van der Waals surface area contributed by atoms with Crippen LogP contribution >= 0.6 is 0 Å². The average molecular weight is 276 g/mol. The maximum absolute atomic E-state index is 11.2. The average Bonchev–Trinajstić information content (AvgIpc) is 2.50. The van der Waals surface area contributed by atoms with Crippen molar-refractivity contribution in [2.45, 2.75) is 38.6 Å². The van der Waals surface area contributed by atoms with Crippen molar-refractivity contribution in [3.63, 3.8) is 0 Å². The second-order valence-corrected chi connectivity index (χ2v) is 5.22. The van der Waals surface area contributed by atoms with E-state index in [1.807, 2.05) is 6.07 Å². The number of amides is 1. The van der Waals surface area contributed by atoms with E-state index in [0.29, 0.717) is 6.04 Å². The molecular formula is C16H24N2O2. The van der Waals surface area contributed by atoms with Gasteiger partial charge in [-0.3, -0.25) is 4.79 Å². The summed E-state index contributed by atoms with van der Waals surface area (Å²) in [5.74, 6) is 0.675. The predicted molar refractivity (Wildman–Crippen MR) is 80.0 cm³/mol. The van der Waals surface area contributed by atoms with E-state index in [1.165, 1.54) is 24.0 Å². The lowest BCUT2D eigenvalue weighted by molar-refractivity contribution is -0.122. The fourth-order valence-corrected chi connectivity index (χ4v) is 2.63. The van der Waals surface area contributed by atoms with Crippen LogP contribution in [0.5, 0.6) is 5.75 Å². The Morgan fingerprint density at radius 2 is 2.30 bits per heavy atom. The lowest BCUT2D eigenvalue weighted by atomic mass is 9.87. The minimum Gasteiger partial charge on any atom is -0.484 e.